The SMILES string of the molecule is CCn1cnc(-c2cc3nccc(Oc4ccc(C(C(N)=O)C(=O)Nc5ccccc5O)cc4F)c3s2)c1. The van der Waals surface area contributed by atoms with Gasteiger partial charge < -0.3 is 25.5 Å². The van der Waals surface area contributed by atoms with Crippen LogP contribution in [0.4, 0.5) is 10.1 Å². The van der Waals surface area contributed by atoms with Crippen molar-refractivity contribution in [2.24, 2.45) is 5.73 Å². The number of halogens is 1. The van der Waals surface area contributed by atoms with Crippen molar-refractivity contribution in [1.29, 1.82) is 0 Å². The number of hydrogen-bond acceptors (Lipinski definition) is 7. The number of aromatic hydroxyl groups is 1. The Morgan fingerprint density at radius 3 is 2.68 bits per heavy atom. The molecule has 5 aromatic rings. The lowest BCUT2D eigenvalue weighted by atomic mass is 9.97. The number of primary amides is 1. The number of phenols is 1. The number of anilines is 1. The number of imidazole rings is 1. The second kappa shape index (κ2) is 10.3. The van der Waals surface area contributed by atoms with Crippen molar-refractivity contribution in [1.82, 2.24) is 14.5 Å². The summed E-state index contributed by atoms with van der Waals surface area (Å²) in [6.07, 6.45) is 5.26. The fourth-order valence-corrected chi connectivity index (χ4v) is 4.94. The zero-order chi connectivity index (χ0) is 26.8. The van der Waals surface area contributed by atoms with E-state index in [0.717, 1.165) is 23.2 Å². The smallest absolute Gasteiger partial charge is 0.241 e. The minimum atomic E-state index is -1.49. The van der Waals surface area contributed by atoms with Crippen molar-refractivity contribution < 1.29 is 23.8 Å². The van der Waals surface area contributed by atoms with E-state index >= 15 is 4.39 Å². The number of aryl methyl sites for hydroxylation is 1. The third-order valence-electron chi connectivity index (χ3n) is 5.84. The molecule has 3 heterocycles. The molecule has 0 aliphatic heterocycles. The van der Waals surface area contributed by atoms with Crippen LogP contribution in [0.2, 0.25) is 0 Å². The standard InChI is InChI=1S/C27H22FN5O4S/c1-2-33-13-19(31-14-33)23-12-18-25(38-23)22(9-10-30-18)37-21-8-7-15(11-16(21)28)24(26(29)35)27(36)32-17-5-3-4-6-20(17)34/h3-14,24,34H,2H2,1H3,(H2,29,35)(H,32,36). The molecular formula is C27H22FN5O4S. The number of pyridine rings is 1. The first-order valence-electron chi connectivity index (χ1n) is 11.6. The number of carbonyl (C=O) groups excluding carboxylic acids is 2. The third-order valence-corrected chi connectivity index (χ3v) is 7.01. The molecular weight excluding hydrogens is 509 g/mol. The Balaban J connectivity index is 1.41. The lowest BCUT2D eigenvalue weighted by Crippen LogP contribution is -2.32. The number of benzene rings is 2. The van der Waals surface area contributed by atoms with E-state index < -0.39 is 23.5 Å². The van der Waals surface area contributed by atoms with E-state index in [-0.39, 0.29) is 22.7 Å². The molecule has 2 amide bonds. The zero-order valence-corrected chi connectivity index (χ0v) is 20.9. The van der Waals surface area contributed by atoms with Gasteiger partial charge in [-0.2, -0.15) is 0 Å². The number of rotatable bonds is 8. The molecule has 0 fully saturated rings. The van der Waals surface area contributed by atoms with Gasteiger partial charge in [0.05, 0.1) is 32.8 Å². The van der Waals surface area contributed by atoms with E-state index in [1.54, 1.807) is 30.7 Å². The first kappa shape index (κ1) is 24.9. The van der Waals surface area contributed by atoms with E-state index in [2.05, 4.69) is 15.3 Å². The lowest BCUT2D eigenvalue weighted by molar-refractivity contribution is -0.127. The van der Waals surface area contributed by atoms with E-state index in [0.29, 0.717) is 16.0 Å². The highest BCUT2D eigenvalue weighted by atomic mass is 32.1. The van der Waals surface area contributed by atoms with Crippen LogP contribution >= 0.6 is 11.3 Å². The number of carbonyl (C=O) groups is 2. The molecule has 0 saturated heterocycles. The van der Waals surface area contributed by atoms with Crippen LogP contribution in [-0.4, -0.2) is 31.5 Å². The Kier molecular flexibility index (Phi) is 6.75. The average molecular weight is 532 g/mol. The molecule has 1 unspecified atom stereocenters. The molecule has 9 nitrogen and oxygen atoms in total. The number of nitrogens with two attached hydrogens (primary N) is 1. The van der Waals surface area contributed by atoms with Crippen LogP contribution in [0.25, 0.3) is 20.8 Å². The van der Waals surface area contributed by atoms with Crippen LogP contribution < -0.4 is 15.8 Å². The third kappa shape index (κ3) is 4.91. The van der Waals surface area contributed by atoms with E-state index in [1.165, 1.54) is 35.6 Å². The molecule has 0 aliphatic carbocycles. The molecule has 38 heavy (non-hydrogen) atoms. The Bertz CT molecular complexity index is 1660. The van der Waals surface area contributed by atoms with Gasteiger partial charge in [0.2, 0.25) is 11.8 Å². The number of aromatic nitrogens is 3. The zero-order valence-electron chi connectivity index (χ0n) is 20.1. The number of thiophene rings is 1. The molecule has 0 aliphatic rings. The van der Waals surface area contributed by atoms with Crippen LogP contribution in [0.5, 0.6) is 17.2 Å². The number of para-hydroxylation sites is 2. The Hall–Kier alpha value is -4.77. The summed E-state index contributed by atoms with van der Waals surface area (Å²) in [4.78, 5) is 34.6. The molecule has 0 saturated carbocycles. The molecule has 0 spiro atoms. The van der Waals surface area contributed by atoms with Crippen LogP contribution in [-0.2, 0) is 16.1 Å². The average Bonchev–Trinajstić information content (AvgIpc) is 3.54. The van der Waals surface area contributed by atoms with Crippen molar-refractivity contribution in [3.8, 4) is 27.8 Å². The summed E-state index contributed by atoms with van der Waals surface area (Å²) in [6.45, 7) is 2.82. The van der Waals surface area contributed by atoms with Crippen molar-refractivity contribution >= 4 is 39.1 Å². The highest BCUT2D eigenvalue weighted by Crippen LogP contribution is 2.39. The molecule has 2 aromatic carbocycles. The predicted octanol–water partition coefficient (Wildman–Crippen LogP) is 5.02. The summed E-state index contributed by atoms with van der Waals surface area (Å²) in [6, 6.07) is 13.3. The molecule has 0 bridgehead atoms. The van der Waals surface area contributed by atoms with E-state index in [1.807, 2.05) is 23.8 Å². The fraction of sp³-hybridized carbons (Fsp3) is 0.111. The van der Waals surface area contributed by atoms with Gasteiger partial charge in [-0.25, -0.2) is 9.37 Å². The molecule has 0 radical (unpaired) electrons. The maximum Gasteiger partial charge on any atom is 0.241 e. The highest BCUT2D eigenvalue weighted by Gasteiger charge is 2.28. The minimum Gasteiger partial charge on any atom is -0.506 e. The molecule has 1 atom stereocenters. The Morgan fingerprint density at radius 2 is 1.97 bits per heavy atom. The fourth-order valence-electron chi connectivity index (χ4n) is 3.91. The normalized spacial score (nSPS) is 11.8. The molecule has 5 rings (SSSR count). The molecule has 4 N–H and O–H groups in total. The summed E-state index contributed by atoms with van der Waals surface area (Å²) in [7, 11) is 0. The van der Waals surface area contributed by atoms with Crippen LogP contribution in [0.3, 0.4) is 0 Å². The number of phenolic OH excluding ortho intramolecular Hbond substituents is 1. The summed E-state index contributed by atoms with van der Waals surface area (Å²) in [5.41, 5.74) is 7.09. The predicted molar refractivity (Wildman–Crippen MR) is 142 cm³/mol. The van der Waals surface area contributed by atoms with Crippen LogP contribution in [0.15, 0.2) is 73.3 Å². The number of ether oxygens (including phenoxy) is 1. The van der Waals surface area contributed by atoms with E-state index in [4.69, 9.17) is 10.5 Å². The minimum absolute atomic E-state index is 0.0417. The van der Waals surface area contributed by atoms with Gasteiger partial charge in [-0.05, 0) is 42.8 Å². The molecule has 3 aromatic heterocycles. The number of hydrogen-bond donors (Lipinski definition) is 3. The van der Waals surface area contributed by atoms with E-state index in [9.17, 15) is 14.7 Å². The first-order chi connectivity index (χ1) is 18.3. The molecule has 11 heteroatoms. The molecule has 192 valence electrons. The second-order valence-corrected chi connectivity index (χ2v) is 9.41. The van der Waals surface area contributed by atoms with Gasteiger partial charge in [-0.1, -0.05) is 18.2 Å². The monoisotopic (exact) mass is 531 g/mol. The quantitative estimate of drug-likeness (QED) is 0.190. The number of nitrogens with zero attached hydrogens (tertiary/aromatic N) is 3. The Labute approximate surface area is 220 Å². The van der Waals surface area contributed by atoms with Gasteiger partial charge in [0.25, 0.3) is 0 Å². The van der Waals surface area contributed by atoms with Gasteiger partial charge in [0.1, 0.15) is 17.4 Å². The number of amides is 2. The van der Waals surface area contributed by atoms with Crippen molar-refractivity contribution in [3.05, 3.63) is 84.7 Å². The summed E-state index contributed by atoms with van der Waals surface area (Å²) < 4.78 is 23.7. The topological polar surface area (TPSA) is 132 Å². The van der Waals surface area contributed by atoms with Crippen LogP contribution in [0.1, 0.15) is 18.4 Å². The lowest BCUT2D eigenvalue weighted by Gasteiger charge is -2.16. The van der Waals surface area contributed by atoms with Gasteiger partial charge >= 0.3 is 0 Å². The number of fused-ring (bicyclic) bond motifs is 1. The van der Waals surface area contributed by atoms with Gasteiger partial charge in [-0.3, -0.25) is 14.6 Å². The van der Waals surface area contributed by atoms with Gasteiger partial charge in [-0.15, -0.1) is 11.3 Å². The maximum atomic E-state index is 15.2. The van der Waals surface area contributed by atoms with Crippen molar-refractivity contribution in [2.75, 3.05) is 5.32 Å². The largest absolute Gasteiger partial charge is 0.506 e. The van der Waals surface area contributed by atoms with Gasteiger partial charge in [0, 0.05) is 25.0 Å². The van der Waals surface area contributed by atoms with Crippen LogP contribution in [0, 0.1) is 5.82 Å². The summed E-state index contributed by atoms with van der Waals surface area (Å²) in [5.74, 6) is -3.94. The maximum absolute atomic E-state index is 15.2. The number of nitrogens with one attached hydrogen (secondary N) is 1. The van der Waals surface area contributed by atoms with Gasteiger partial charge in [0.15, 0.2) is 11.6 Å². The highest BCUT2D eigenvalue weighted by molar-refractivity contribution is 7.22. The summed E-state index contributed by atoms with van der Waals surface area (Å²) in [5, 5.41) is 12.4. The second-order valence-electron chi connectivity index (χ2n) is 8.36. The summed E-state index contributed by atoms with van der Waals surface area (Å²) >= 11 is 1.42. The Morgan fingerprint density at radius 1 is 1.16 bits per heavy atom. The van der Waals surface area contributed by atoms with Crippen molar-refractivity contribution in [3.63, 3.8) is 0 Å². The van der Waals surface area contributed by atoms with Crippen molar-refractivity contribution in [2.45, 2.75) is 19.4 Å². The first-order valence-corrected chi connectivity index (χ1v) is 12.4.